The number of imidazole rings is 1. The molecule has 2 aromatic carbocycles. The van der Waals surface area contributed by atoms with Crippen molar-refractivity contribution < 1.29 is 9.18 Å². The third-order valence-corrected chi connectivity index (χ3v) is 5.47. The monoisotopic (exact) mass is 374 g/mol. The maximum atomic E-state index is 14.7. The molecule has 6 heteroatoms. The van der Waals surface area contributed by atoms with Gasteiger partial charge < -0.3 is 5.73 Å². The molecule has 2 heterocycles. The Bertz CT molecular complexity index is 1140. The molecule has 0 unspecified atom stereocenters. The average molecular weight is 374 g/mol. The summed E-state index contributed by atoms with van der Waals surface area (Å²) in [6.45, 7) is 1.87. The topological polar surface area (TPSA) is 73.3 Å². The number of hydrogen-bond acceptors (Lipinski definition) is 3. The second-order valence-electron chi connectivity index (χ2n) is 7.40. The second kappa shape index (κ2) is 6.12. The summed E-state index contributed by atoms with van der Waals surface area (Å²) in [7, 11) is 0. The molecule has 5 rings (SSSR count). The molecule has 0 saturated heterocycles. The van der Waals surface area contributed by atoms with E-state index in [1.807, 2.05) is 17.6 Å². The van der Waals surface area contributed by atoms with Gasteiger partial charge in [-0.1, -0.05) is 18.2 Å². The number of aliphatic imine (C=N–C) groups is 1. The van der Waals surface area contributed by atoms with E-state index in [4.69, 9.17) is 10.7 Å². The van der Waals surface area contributed by atoms with E-state index in [9.17, 15) is 9.18 Å². The van der Waals surface area contributed by atoms with E-state index < -0.39 is 11.9 Å². The first-order chi connectivity index (χ1) is 13.5. The van der Waals surface area contributed by atoms with Gasteiger partial charge in [0.2, 0.25) is 0 Å². The van der Waals surface area contributed by atoms with E-state index in [2.05, 4.69) is 17.1 Å². The van der Waals surface area contributed by atoms with Gasteiger partial charge in [-0.15, -0.1) is 0 Å². The lowest BCUT2D eigenvalue weighted by Crippen LogP contribution is -2.15. The van der Waals surface area contributed by atoms with Gasteiger partial charge in [0.15, 0.2) is 5.69 Å². The SMILES string of the molecule is C[C@@H]1N=C(c2ccccc2F)c2cc(C3CC3)ccc2-n2cnc(C(N)=O)c21. The lowest BCUT2D eigenvalue weighted by Gasteiger charge is -2.14. The lowest BCUT2D eigenvalue weighted by atomic mass is 9.96. The molecule has 1 saturated carbocycles. The van der Waals surface area contributed by atoms with Gasteiger partial charge in [-0.05, 0) is 55.5 Å². The van der Waals surface area contributed by atoms with Crippen LogP contribution in [0.3, 0.4) is 0 Å². The zero-order valence-corrected chi connectivity index (χ0v) is 15.4. The van der Waals surface area contributed by atoms with Crippen molar-refractivity contribution in [2.75, 3.05) is 0 Å². The van der Waals surface area contributed by atoms with Gasteiger partial charge in [0.05, 0.1) is 23.1 Å². The molecule has 3 aromatic rings. The molecule has 1 atom stereocenters. The van der Waals surface area contributed by atoms with Gasteiger partial charge >= 0.3 is 0 Å². The first kappa shape index (κ1) is 16.9. The molecule has 1 amide bonds. The van der Waals surface area contributed by atoms with E-state index >= 15 is 0 Å². The molecule has 1 aliphatic heterocycles. The summed E-state index contributed by atoms with van der Waals surface area (Å²) in [5, 5.41) is 0. The number of amides is 1. The third-order valence-electron chi connectivity index (χ3n) is 5.47. The number of nitrogens with zero attached hydrogens (tertiary/aromatic N) is 3. The lowest BCUT2D eigenvalue weighted by molar-refractivity contribution is 0.0994. The van der Waals surface area contributed by atoms with E-state index in [1.54, 1.807) is 24.5 Å². The van der Waals surface area contributed by atoms with Gasteiger partial charge in [0, 0.05) is 11.1 Å². The second-order valence-corrected chi connectivity index (χ2v) is 7.40. The van der Waals surface area contributed by atoms with Crippen LogP contribution in [0.25, 0.3) is 5.69 Å². The molecule has 1 aliphatic carbocycles. The van der Waals surface area contributed by atoms with Crippen LogP contribution in [-0.2, 0) is 0 Å². The fourth-order valence-electron chi connectivity index (χ4n) is 3.96. The van der Waals surface area contributed by atoms with Crippen molar-refractivity contribution in [3.8, 4) is 5.69 Å². The van der Waals surface area contributed by atoms with Crippen molar-refractivity contribution in [3.63, 3.8) is 0 Å². The number of nitrogens with two attached hydrogens (primary N) is 1. The molecule has 1 fully saturated rings. The van der Waals surface area contributed by atoms with Crippen LogP contribution in [0, 0.1) is 5.82 Å². The number of aromatic nitrogens is 2. The van der Waals surface area contributed by atoms with Gasteiger partial charge in [-0.25, -0.2) is 9.37 Å². The van der Waals surface area contributed by atoms with E-state index in [-0.39, 0.29) is 11.5 Å². The Kier molecular flexibility index (Phi) is 3.69. The predicted octanol–water partition coefficient (Wildman–Crippen LogP) is 3.90. The number of rotatable bonds is 3. The molecule has 28 heavy (non-hydrogen) atoms. The summed E-state index contributed by atoms with van der Waals surface area (Å²) in [6.07, 6.45) is 3.94. The molecule has 5 nitrogen and oxygen atoms in total. The standard InChI is InChI=1S/C22H19FN4O/c1-12-21-20(22(24)28)25-11-27(21)18-9-8-14(13-6-7-13)10-16(18)19(26-12)15-4-2-3-5-17(15)23/h2-5,8-13H,6-7H2,1H3,(H2,24,28)/t12-/m0/s1. The third kappa shape index (κ3) is 2.56. The number of halogens is 1. The van der Waals surface area contributed by atoms with Crippen molar-refractivity contribution in [3.05, 3.63) is 82.7 Å². The molecule has 1 aromatic heterocycles. The van der Waals surface area contributed by atoms with Gasteiger partial charge in [-0.3, -0.25) is 14.4 Å². The Morgan fingerprint density at radius 2 is 1.96 bits per heavy atom. The molecular formula is C22H19FN4O. The maximum absolute atomic E-state index is 14.7. The minimum Gasteiger partial charge on any atom is -0.364 e. The first-order valence-corrected chi connectivity index (χ1v) is 9.39. The van der Waals surface area contributed by atoms with Gasteiger partial charge in [0.1, 0.15) is 12.1 Å². The van der Waals surface area contributed by atoms with E-state index in [0.29, 0.717) is 22.9 Å². The molecule has 2 N–H and O–H groups in total. The number of fused-ring (bicyclic) bond motifs is 3. The number of benzene rings is 2. The van der Waals surface area contributed by atoms with Crippen molar-refractivity contribution in [2.45, 2.75) is 31.7 Å². The smallest absolute Gasteiger partial charge is 0.269 e. The first-order valence-electron chi connectivity index (χ1n) is 9.39. The molecule has 0 radical (unpaired) electrons. The Morgan fingerprint density at radius 1 is 1.18 bits per heavy atom. The summed E-state index contributed by atoms with van der Waals surface area (Å²) >= 11 is 0. The fourth-order valence-corrected chi connectivity index (χ4v) is 3.96. The summed E-state index contributed by atoms with van der Waals surface area (Å²) in [4.78, 5) is 21.0. The highest BCUT2D eigenvalue weighted by Crippen LogP contribution is 2.42. The number of primary amides is 1. The Balaban J connectivity index is 1.81. The van der Waals surface area contributed by atoms with E-state index in [0.717, 1.165) is 11.3 Å². The maximum Gasteiger partial charge on any atom is 0.269 e. The molecule has 0 spiro atoms. The largest absolute Gasteiger partial charge is 0.364 e. The molecule has 0 bridgehead atoms. The summed E-state index contributed by atoms with van der Waals surface area (Å²) in [5.41, 5.74) is 10.3. The number of carbonyl (C=O) groups excluding carboxylic acids is 1. The Hall–Kier alpha value is -3.28. The van der Waals surface area contributed by atoms with Crippen LogP contribution < -0.4 is 5.73 Å². The van der Waals surface area contributed by atoms with Crippen LogP contribution >= 0.6 is 0 Å². The Labute approximate surface area is 161 Å². The highest BCUT2D eigenvalue weighted by Gasteiger charge is 2.30. The highest BCUT2D eigenvalue weighted by molar-refractivity contribution is 6.15. The summed E-state index contributed by atoms with van der Waals surface area (Å²) < 4.78 is 16.5. The van der Waals surface area contributed by atoms with Crippen LogP contribution in [0.4, 0.5) is 4.39 Å². The normalized spacial score (nSPS) is 18.1. The van der Waals surface area contributed by atoms with Crippen LogP contribution in [0.1, 0.15) is 64.6 Å². The van der Waals surface area contributed by atoms with Crippen molar-refractivity contribution >= 4 is 11.6 Å². The van der Waals surface area contributed by atoms with E-state index in [1.165, 1.54) is 24.5 Å². The number of hydrogen-bond donors (Lipinski definition) is 1. The predicted molar refractivity (Wildman–Crippen MR) is 105 cm³/mol. The van der Waals surface area contributed by atoms with Gasteiger partial charge in [0.25, 0.3) is 5.91 Å². The molecular weight excluding hydrogens is 355 g/mol. The quantitative estimate of drug-likeness (QED) is 0.755. The summed E-state index contributed by atoms with van der Waals surface area (Å²) in [6, 6.07) is 12.4. The fraction of sp³-hybridized carbons (Fsp3) is 0.227. The minimum atomic E-state index is -0.596. The van der Waals surface area contributed by atoms with Crippen LogP contribution in [0.5, 0.6) is 0 Å². The Morgan fingerprint density at radius 3 is 2.68 bits per heavy atom. The summed E-state index contributed by atoms with van der Waals surface area (Å²) in [5.74, 6) is -0.367. The van der Waals surface area contributed by atoms with Crippen molar-refractivity contribution in [1.29, 1.82) is 0 Å². The minimum absolute atomic E-state index is 0.197. The van der Waals surface area contributed by atoms with Gasteiger partial charge in [-0.2, -0.15) is 0 Å². The average Bonchev–Trinajstić information content (AvgIpc) is 3.45. The zero-order valence-electron chi connectivity index (χ0n) is 15.4. The van der Waals surface area contributed by atoms with Crippen LogP contribution in [-0.4, -0.2) is 21.2 Å². The van der Waals surface area contributed by atoms with Crippen LogP contribution in [0.15, 0.2) is 53.8 Å². The van der Waals surface area contributed by atoms with Crippen molar-refractivity contribution in [1.82, 2.24) is 9.55 Å². The highest BCUT2D eigenvalue weighted by atomic mass is 19.1. The van der Waals surface area contributed by atoms with Crippen molar-refractivity contribution in [2.24, 2.45) is 10.7 Å². The van der Waals surface area contributed by atoms with Crippen LogP contribution in [0.2, 0.25) is 0 Å². The zero-order chi connectivity index (χ0) is 19.4. The molecule has 140 valence electrons. The number of carbonyl (C=O) groups is 1. The molecule has 2 aliphatic rings.